The lowest BCUT2D eigenvalue weighted by atomic mass is 9.86. The van der Waals surface area contributed by atoms with Crippen LogP contribution in [0.3, 0.4) is 0 Å². The van der Waals surface area contributed by atoms with Crippen LogP contribution in [0.4, 0.5) is 0 Å². The second kappa shape index (κ2) is 8.43. The van der Waals surface area contributed by atoms with Crippen molar-refractivity contribution in [2.24, 2.45) is 0 Å². The Morgan fingerprint density at radius 2 is 1.66 bits per heavy atom. The number of carbonyl (C=O) groups is 2. The minimum atomic E-state index is -0.488. The summed E-state index contributed by atoms with van der Waals surface area (Å²) < 4.78 is 6.59. The Morgan fingerprint density at radius 3 is 2.24 bits per heavy atom. The quantitative estimate of drug-likeness (QED) is 0.443. The average Bonchev–Trinajstić information content (AvgIpc) is 3.12. The van der Waals surface area contributed by atoms with Crippen LogP contribution < -0.4 is 0 Å². The van der Waals surface area contributed by atoms with Crippen LogP contribution in [0.5, 0.6) is 0 Å². The van der Waals surface area contributed by atoms with Crippen molar-refractivity contribution in [3.8, 4) is 11.3 Å². The molecule has 0 amide bonds. The number of nitrogens with zero attached hydrogens (tertiary/aromatic N) is 2. The maximum absolute atomic E-state index is 12.6. The molecule has 5 nitrogen and oxygen atoms in total. The summed E-state index contributed by atoms with van der Waals surface area (Å²) in [5, 5.41) is 4.54. The van der Waals surface area contributed by atoms with Gasteiger partial charge in [0, 0.05) is 11.1 Å². The number of hydrogen-bond acceptors (Lipinski definition) is 4. The lowest BCUT2D eigenvalue weighted by Crippen LogP contribution is -2.18. The molecule has 2 aromatic carbocycles. The number of esters is 1. The summed E-state index contributed by atoms with van der Waals surface area (Å²) in [5.74, 6) is -0.604. The lowest BCUT2D eigenvalue weighted by Gasteiger charge is -2.18. The largest absolute Gasteiger partial charge is 0.461 e. The van der Waals surface area contributed by atoms with E-state index in [1.54, 1.807) is 25.1 Å². The third kappa shape index (κ3) is 4.80. The molecule has 3 aromatic rings. The van der Waals surface area contributed by atoms with Crippen LogP contribution in [0.15, 0.2) is 60.7 Å². The van der Waals surface area contributed by atoms with Gasteiger partial charge in [-0.1, -0.05) is 75.4 Å². The molecule has 0 N–H and O–H groups in total. The third-order valence-corrected chi connectivity index (χ3v) is 4.70. The second-order valence-electron chi connectivity index (χ2n) is 7.91. The summed E-state index contributed by atoms with van der Waals surface area (Å²) in [4.78, 5) is 25.1. The van der Waals surface area contributed by atoms with Crippen molar-refractivity contribution in [2.45, 2.75) is 39.7 Å². The molecule has 3 rings (SSSR count). The smallest absolute Gasteiger partial charge is 0.356 e. The van der Waals surface area contributed by atoms with Crippen LogP contribution in [-0.4, -0.2) is 28.1 Å². The second-order valence-corrected chi connectivity index (χ2v) is 7.91. The molecule has 0 fully saturated rings. The Bertz CT molecular complexity index is 997. The Morgan fingerprint density at radius 1 is 1.00 bits per heavy atom. The van der Waals surface area contributed by atoms with E-state index < -0.39 is 5.97 Å². The number of benzene rings is 2. The zero-order valence-corrected chi connectivity index (χ0v) is 17.3. The molecule has 1 aromatic heterocycles. The van der Waals surface area contributed by atoms with Crippen LogP contribution in [0, 0.1) is 0 Å². The summed E-state index contributed by atoms with van der Waals surface area (Å²) in [7, 11) is 0. The first-order valence-electron chi connectivity index (χ1n) is 9.73. The molecule has 29 heavy (non-hydrogen) atoms. The first-order valence-corrected chi connectivity index (χ1v) is 9.73. The molecular formula is C24H26N2O3. The highest BCUT2D eigenvalue weighted by Crippen LogP contribution is 2.26. The fraction of sp³-hybridized carbons (Fsp3) is 0.292. The van der Waals surface area contributed by atoms with Crippen molar-refractivity contribution < 1.29 is 14.3 Å². The molecule has 150 valence electrons. The molecule has 5 heteroatoms. The van der Waals surface area contributed by atoms with Gasteiger partial charge < -0.3 is 4.74 Å². The van der Waals surface area contributed by atoms with Gasteiger partial charge >= 0.3 is 5.97 Å². The van der Waals surface area contributed by atoms with Gasteiger partial charge in [-0.15, -0.1) is 0 Å². The molecule has 0 aliphatic heterocycles. The summed E-state index contributed by atoms with van der Waals surface area (Å²) in [6.45, 7) is 8.45. The molecule has 0 unspecified atom stereocenters. The number of hydrogen-bond donors (Lipinski definition) is 0. The molecule has 0 aliphatic rings. The van der Waals surface area contributed by atoms with E-state index in [2.05, 4.69) is 38.0 Å². The van der Waals surface area contributed by atoms with E-state index in [1.807, 2.05) is 30.3 Å². The lowest BCUT2D eigenvalue weighted by molar-refractivity contribution is 0.0512. The number of aromatic nitrogens is 2. The van der Waals surface area contributed by atoms with Crippen molar-refractivity contribution in [3.63, 3.8) is 0 Å². The molecule has 0 radical (unpaired) electrons. The number of Topliss-reactive ketones (excluding diaryl/α,β-unsaturated/α-hetero) is 1. The van der Waals surface area contributed by atoms with Crippen LogP contribution in [0.25, 0.3) is 11.3 Å². The Kier molecular flexibility index (Phi) is 5.97. The monoisotopic (exact) mass is 390 g/mol. The van der Waals surface area contributed by atoms with E-state index in [0.717, 1.165) is 5.56 Å². The Balaban J connectivity index is 1.94. The third-order valence-electron chi connectivity index (χ3n) is 4.70. The number of ether oxygens (including phenoxy) is 1. The predicted octanol–water partition coefficient (Wildman–Crippen LogP) is 4.91. The van der Waals surface area contributed by atoms with Crippen molar-refractivity contribution in [2.75, 3.05) is 6.61 Å². The van der Waals surface area contributed by atoms with Crippen LogP contribution in [0.2, 0.25) is 0 Å². The zero-order chi connectivity index (χ0) is 21.0. The van der Waals surface area contributed by atoms with Gasteiger partial charge in [0.05, 0.1) is 12.3 Å². The maximum Gasteiger partial charge on any atom is 0.356 e. The molecule has 0 atom stereocenters. The minimum Gasteiger partial charge on any atom is -0.461 e. The molecular weight excluding hydrogens is 364 g/mol. The van der Waals surface area contributed by atoms with Crippen molar-refractivity contribution in [1.82, 2.24) is 9.78 Å². The van der Waals surface area contributed by atoms with Crippen molar-refractivity contribution in [3.05, 3.63) is 77.5 Å². The van der Waals surface area contributed by atoms with Crippen LogP contribution >= 0.6 is 0 Å². The van der Waals surface area contributed by atoms with Crippen LogP contribution in [-0.2, 0) is 16.7 Å². The zero-order valence-electron chi connectivity index (χ0n) is 17.3. The van der Waals surface area contributed by atoms with Gasteiger partial charge in [0.25, 0.3) is 0 Å². The fourth-order valence-corrected chi connectivity index (χ4v) is 3.04. The molecule has 0 spiro atoms. The topological polar surface area (TPSA) is 61.2 Å². The van der Waals surface area contributed by atoms with Gasteiger partial charge in [0.1, 0.15) is 12.2 Å². The minimum absolute atomic E-state index is 0.0295. The van der Waals surface area contributed by atoms with Gasteiger partial charge in [-0.05, 0) is 24.0 Å². The van der Waals surface area contributed by atoms with E-state index in [0.29, 0.717) is 11.3 Å². The van der Waals surface area contributed by atoms with E-state index >= 15 is 0 Å². The van der Waals surface area contributed by atoms with Gasteiger partial charge in [-0.2, -0.15) is 5.10 Å². The van der Waals surface area contributed by atoms with E-state index in [-0.39, 0.29) is 30.0 Å². The SMILES string of the molecule is CCOC(=O)c1cc(-c2ccc(C(C)(C)C)cc2)nn1CC(=O)c1ccccc1. The van der Waals surface area contributed by atoms with Gasteiger partial charge in [-0.25, -0.2) is 9.48 Å². The van der Waals surface area contributed by atoms with E-state index in [9.17, 15) is 9.59 Å². The highest BCUT2D eigenvalue weighted by atomic mass is 16.5. The van der Waals surface area contributed by atoms with Gasteiger partial charge in [-0.3, -0.25) is 4.79 Å². The molecule has 0 saturated carbocycles. The highest BCUT2D eigenvalue weighted by molar-refractivity contribution is 5.97. The maximum atomic E-state index is 12.6. The summed E-state index contributed by atoms with van der Waals surface area (Å²) >= 11 is 0. The number of ketones is 1. The molecule has 1 heterocycles. The first-order chi connectivity index (χ1) is 13.8. The number of carbonyl (C=O) groups excluding carboxylic acids is 2. The summed E-state index contributed by atoms with van der Waals surface area (Å²) in [5.41, 5.74) is 3.63. The molecule has 0 bridgehead atoms. The fourth-order valence-electron chi connectivity index (χ4n) is 3.04. The van der Waals surface area contributed by atoms with E-state index in [1.165, 1.54) is 10.2 Å². The van der Waals surface area contributed by atoms with Crippen LogP contribution in [0.1, 0.15) is 54.1 Å². The Labute approximate surface area is 171 Å². The standard InChI is InChI=1S/C24H26N2O3/c1-5-29-23(28)21-15-20(17-11-13-19(14-12-17)24(2,3)4)25-26(21)16-22(27)18-9-7-6-8-10-18/h6-15H,5,16H2,1-4H3. The van der Waals surface area contributed by atoms with Gasteiger partial charge in [0.2, 0.25) is 0 Å². The van der Waals surface area contributed by atoms with Gasteiger partial charge in [0.15, 0.2) is 5.78 Å². The number of rotatable bonds is 6. The Hall–Kier alpha value is -3.21. The van der Waals surface area contributed by atoms with Crippen molar-refractivity contribution >= 4 is 11.8 Å². The van der Waals surface area contributed by atoms with Crippen molar-refractivity contribution in [1.29, 1.82) is 0 Å². The first kappa shape index (κ1) is 20.5. The molecule has 0 aliphatic carbocycles. The summed E-state index contributed by atoms with van der Waals surface area (Å²) in [6.07, 6.45) is 0. The summed E-state index contributed by atoms with van der Waals surface area (Å²) in [6, 6.07) is 18.8. The van der Waals surface area contributed by atoms with E-state index in [4.69, 9.17) is 4.74 Å². The normalized spacial score (nSPS) is 11.3. The predicted molar refractivity (Wildman–Crippen MR) is 113 cm³/mol. The average molecular weight is 390 g/mol. The highest BCUT2D eigenvalue weighted by Gasteiger charge is 2.20. The molecule has 0 saturated heterocycles.